The Morgan fingerprint density at radius 2 is 1.71 bits per heavy atom. The molecule has 0 radical (unpaired) electrons. The zero-order valence-corrected chi connectivity index (χ0v) is 17.7. The molecule has 0 saturated carbocycles. The van der Waals surface area contributed by atoms with E-state index >= 15 is 0 Å². The molecule has 0 fully saturated rings. The number of thiazole rings is 1. The number of carbonyl (C=O) groups is 2. The molecule has 0 saturated heterocycles. The molecule has 5 nitrogen and oxygen atoms in total. The minimum Gasteiger partial charge on any atom is -0.550 e. The molecule has 1 aromatic carbocycles. The first-order chi connectivity index (χ1) is 13.2. The number of aliphatic carboxylic acids is 1. The van der Waals surface area contributed by atoms with E-state index in [1.807, 2.05) is 46.8 Å². The largest absolute Gasteiger partial charge is 0.550 e. The molecule has 1 aliphatic carbocycles. The number of aromatic nitrogens is 1. The number of rotatable bonds is 4. The van der Waals surface area contributed by atoms with Crippen molar-refractivity contribution in [2.24, 2.45) is 11.8 Å². The first-order valence-corrected chi connectivity index (χ1v) is 10.2. The van der Waals surface area contributed by atoms with E-state index < -0.39 is 17.8 Å². The predicted molar refractivity (Wildman–Crippen MR) is 110 cm³/mol. The van der Waals surface area contributed by atoms with Gasteiger partial charge in [-0.05, 0) is 53.0 Å². The molecule has 3 rings (SSSR count). The molecule has 0 spiro atoms. The minimum atomic E-state index is -1.17. The second-order valence-electron chi connectivity index (χ2n) is 7.73. The third-order valence-electron chi connectivity index (χ3n) is 5.57. The van der Waals surface area contributed by atoms with Crippen LogP contribution in [0.3, 0.4) is 0 Å². The Morgan fingerprint density at radius 1 is 1.07 bits per heavy atom. The van der Waals surface area contributed by atoms with Crippen LogP contribution in [0.5, 0.6) is 0 Å². The van der Waals surface area contributed by atoms with E-state index in [4.69, 9.17) is 0 Å². The smallest absolute Gasteiger partial charge is 0.230 e. The number of amides is 1. The summed E-state index contributed by atoms with van der Waals surface area (Å²) in [7, 11) is 0. The van der Waals surface area contributed by atoms with Crippen LogP contribution in [-0.2, 0) is 9.59 Å². The second kappa shape index (κ2) is 7.87. The zero-order valence-electron chi connectivity index (χ0n) is 16.9. The van der Waals surface area contributed by atoms with Crippen molar-refractivity contribution in [2.45, 2.75) is 47.5 Å². The Morgan fingerprint density at radius 3 is 2.32 bits per heavy atom. The fraction of sp³-hybridized carbons (Fsp3) is 0.409. The van der Waals surface area contributed by atoms with Gasteiger partial charge in [-0.2, -0.15) is 0 Å². The third kappa shape index (κ3) is 4.02. The number of nitrogens with one attached hydrogen (secondary N) is 1. The van der Waals surface area contributed by atoms with Crippen LogP contribution in [-0.4, -0.2) is 16.9 Å². The highest BCUT2D eigenvalue weighted by Crippen LogP contribution is 2.36. The van der Waals surface area contributed by atoms with Crippen molar-refractivity contribution in [1.29, 1.82) is 0 Å². The van der Waals surface area contributed by atoms with E-state index in [-0.39, 0.29) is 5.91 Å². The minimum absolute atomic E-state index is 0.304. The SMILES string of the molecule is CC1=C(C)C[C@@H](C(=O)Nc2nc(-c3ccc(C)cc3C)c(C)s2)[C@@H](C(=O)[O-])C1. The van der Waals surface area contributed by atoms with Crippen molar-refractivity contribution >= 4 is 28.3 Å². The summed E-state index contributed by atoms with van der Waals surface area (Å²) in [5, 5.41) is 14.9. The van der Waals surface area contributed by atoms with Gasteiger partial charge in [0.1, 0.15) is 0 Å². The highest BCUT2D eigenvalue weighted by Gasteiger charge is 2.34. The van der Waals surface area contributed by atoms with Gasteiger partial charge in [0, 0.05) is 22.3 Å². The van der Waals surface area contributed by atoms with E-state index in [2.05, 4.69) is 16.4 Å². The first-order valence-electron chi connectivity index (χ1n) is 9.39. The molecule has 0 aliphatic heterocycles. The average Bonchev–Trinajstić information content (AvgIpc) is 2.96. The number of hydrogen-bond acceptors (Lipinski definition) is 5. The van der Waals surface area contributed by atoms with Crippen LogP contribution < -0.4 is 10.4 Å². The standard InChI is InChI=1S/C22H26N2O3S/c1-11-6-7-16(14(4)8-11)19-15(5)28-22(23-19)24-20(25)17-9-12(2)13(3)10-18(17)21(26)27/h6-8,17-18H,9-10H2,1-5H3,(H,26,27)(H,23,24,25)/p-1/t17-,18+/m1/s1. The van der Waals surface area contributed by atoms with Crippen molar-refractivity contribution in [3.8, 4) is 11.3 Å². The maximum atomic E-state index is 12.8. The molecule has 1 aliphatic rings. The maximum absolute atomic E-state index is 12.8. The van der Waals surface area contributed by atoms with Gasteiger partial charge in [-0.1, -0.05) is 34.9 Å². The highest BCUT2D eigenvalue weighted by atomic mass is 32.1. The van der Waals surface area contributed by atoms with Gasteiger partial charge in [0.05, 0.1) is 11.6 Å². The predicted octanol–water partition coefficient (Wildman–Crippen LogP) is 3.79. The normalized spacial score (nSPS) is 19.6. The molecular formula is C22H25N2O3S-. The van der Waals surface area contributed by atoms with Crippen LogP contribution in [0, 0.1) is 32.6 Å². The molecule has 0 unspecified atom stereocenters. The van der Waals surface area contributed by atoms with Gasteiger partial charge >= 0.3 is 0 Å². The molecule has 0 bridgehead atoms. The van der Waals surface area contributed by atoms with Gasteiger partial charge in [0.15, 0.2) is 5.13 Å². The average molecular weight is 398 g/mol. The Bertz CT molecular complexity index is 974. The zero-order chi connectivity index (χ0) is 20.6. The lowest BCUT2D eigenvalue weighted by Gasteiger charge is -2.32. The molecule has 1 heterocycles. The fourth-order valence-corrected chi connectivity index (χ4v) is 4.62. The lowest BCUT2D eigenvalue weighted by atomic mass is 9.76. The Hall–Kier alpha value is -2.47. The topological polar surface area (TPSA) is 82.1 Å². The summed E-state index contributed by atoms with van der Waals surface area (Å²) < 4.78 is 0. The molecule has 6 heteroatoms. The van der Waals surface area contributed by atoms with Crippen LogP contribution in [0.2, 0.25) is 0 Å². The number of allylic oxidation sites excluding steroid dienone is 2. The van der Waals surface area contributed by atoms with Gasteiger partial charge < -0.3 is 15.2 Å². The van der Waals surface area contributed by atoms with Crippen LogP contribution >= 0.6 is 11.3 Å². The Kier molecular flexibility index (Phi) is 5.70. The Balaban J connectivity index is 1.84. The molecular weight excluding hydrogens is 372 g/mol. The van der Waals surface area contributed by atoms with Crippen LogP contribution in [0.4, 0.5) is 5.13 Å². The van der Waals surface area contributed by atoms with Crippen molar-refractivity contribution < 1.29 is 14.7 Å². The molecule has 2 atom stereocenters. The fourth-order valence-electron chi connectivity index (χ4n) is 3.79. The van der Waals surface area contributed by atoms with Gasteiger partial charge in [-0.3, -0.25) is 4.79 Å². The molecule has 2 aromatic rings. The molecule has 1 aromatic heterocycles. The summed E-state index contributed by atoms with van der Waals surface area (Å²) >= 11 is 1.41. The number of nitrogens with zero attached hydrogens (tertiary/aromatic N) is 1. The number of carboxylic acids is 1. The summed E-state index contributed by atoms with van der Waals surface area (Å²) in [5.41, 5.74) is 6.31. The third-order valence-corrected chi connectivity index (χ3v) is 6.46. The summed E-state index contributed by atoms with van der Waals surface area (Å²) in [4.78, 5) is 30.0. The van der Waals surface area contributed by atoms with E-state index in [1.165, 1.54) is 16.9 Å². The van der Waals surface area contributed by atoms with E-state index in [0.29, 0.717) is 18.0 Å². The van der Waals surface area contributed by atoms with Gasteiger partial charge in [0.25, 0.3) is 0 Å². The molecule has 1 N–H and O–H groups in total. The second-order valence-corrected chi connectivity index (χ2v) is 8.94. The van der Waals surface area contributed by atoms with Crippen LogP contribution in [0.15, 0.2) is 29.3 Å². The Labute approximate surface area is 169 Å². The first kappa shape index (κ1) is 20.3. The van der Waals surface area contributed by atoms with Gasteiger partial charge in [-0.25, -0.2) is 4.98 Å². The van der Waals surface area contributed by atoms with Crippen LogP contribution in [0.1, 0.15) is 42.7 Å². The molecule has 1 amide bonds. The molecule has 28 heavy (non-hydrogen) atoms. The number of carboxylic acid groups (broad SMARTS) is 1. The van der Waals surface area contributed by atoms with Crippen LogP contribution in [0.25, 0.3) is 11.3 Å². The van der Waals surface area contributed by atoms with Crippen molar-refractivity contribution in [1.82, 2.24) is 4.98 Å². The molecule has 148 valence electrons. The number of anilines is 1. The number of hydrogen-bond donors (Lipinski definition) is 1. The number of benzene rings is 1. The van der Waals surface area contributed by atoms with Crippen molar-refractivity contribution in [3.63, 3.8) is 0 Å². The summed E-state index contributed by atoms with van der Waals surface area (Å²) in [6.07, 6.45) is 0.793. The quantitative estimate of drug-likeness (QED) is 0.796. The lowest BCUT2D eigenvalue weighted by Crippen LogP contribution is -2.42. The summed E-state index contributed by atoms with van der Waals surface area (Å²) in [6, 6.07) is 6.20. The lowest BCUT2D eigenvalue weighted by molar-refractivity contribution is -0.313. The summed E-state index contributed by atoms with van der Waals surface area (Å²) in [6.45, 7) is 9.94. The van der Waals surface area contributed by atoms with Crippen molar-refractivity contribution in [2.75, 3.05) is 5.32 Å². The van der Waals surface area contributed by atoms with Gasteiger partial charge in [-0.15, -0.1) is 11.3 Å². The number of carbonyl (C=O) groups excluding carboxylic acids is 2. The van der Waals surface area contributed by atoms with Crippen molar-refractivity contribution in [3.05, 3.63) is 45.3 Å². The summed E-state index contributed by atoms with van der Waals surface area (Å²) in [5.74, 6) is -2.91. The monoisotopic (exact) mass is 397 g/mol. The van der Waals surface area contributed by atoms with E-state index in [9.17, 15) is 14.7 Å². The van der Waals surface area contributed by atoms with Gasteiger partial charge in [0.2, 0.25) is 5.91 Å². The van der Waals surface area contributed by atoms with E-state index in [1.54, 1.807) is 0 Å². The number of aryl methyl sites for hydroxylation is 3. The maximum Gasteiger partial charge on any atom is 0.230 e. The van der Waals surface area contributed by atoms with E-state index in [0.717, 1.165) is 32.8 Å². The highest BCUT2D eigenvalue weighted by molar-refractivity contribution is 7.16.